The predicted octanol–water partition coefficient (Wildman–Crippen LogP) is 1.33. The lowest BCUT2D eigenvalue weighted by atomic mass is 10.8. The van der Waals surface area contributed by atoms with Gasteiger partial charge in [-0.2, -0.15) is 0 Å². The molecule has 1 aliphatic heterocycles. The Morgan fingerprint density at radius 1 is 2.00 bits per heavy atom. The number of hydrogen-bond donors (Lipinski definition) is 0. The van der Waals surface area contributed by atoms with E-state index in [0.29, 0.717) is 0 Å². The quantitative estimate of drug-likeness (QED) is 0.441. The molecule has 1 unspecified atom stereocenters. The summed E-state index contributed by atoms with van der Waals surface area (Å²) in [5.41, 5.74) is 1.79. The molecule has 3 heteroatoms. The third kappa shape index (κ3) is 0.884. The number of alkyl halides is 1. The van der Waals surface area contributed by atoms with Gasteiger partial charge in [0.05, 0.1) is 12.1 Å². The first kappa shape index (κ1) is 4.47. The maximum absolute atomic E-state index is 5.55. The van der Waals surface area contributed by atoms with E-state index in [-0.39, 0.29) is 4.71 Å². The number of aliphatic imine (C=N–C) groups is 1. The summed E-state index contributed by atoms with van der Waals surface area (Å²) >= 11 is 7.12. The minimum atomic E-state index is 0.213. The van der Waals surface area contributed by atoms with E-state index in [9.17, 15) is 0 Å². The van der Waals surface area contributed by atoms with Gasteiger partial charge in [0.1, 0.15) is 4.71 Å². The van der Waals surface area contributed by atoms with Crippen LogP contribution >= 0.6 is 23.4 Å². The smallest absolute Gasteiger partial charge is 0.104 e. The molecule has 34 valence electrons. The van der Waals surface area contributed by atoms with Crippen LogP contribution in [0, 0.1) is 0 Å². The van der Waals surface area contributed by atoms with E-state index in [0.717, 1.165) is 6.54 Å². The molecule has 0 aliphatic carbocycles. The molecule has 0 N–H and O–H groups in total. The molecule has 1 aliphatic rings. The second-order valence-electron chi connectivity index (χ2n) is 1.02. The van der Waals surface area contributed by atoms with Gasteiger partial charge in [0.25, 0.3) is 0 Å². The average molecular weight is 122 g/mol. The van der Waals surface area contributed by atoms with Crippen molar-refractivity contribution in [2.24, 2.45) is 4.99 Å². The van der Waals surface area contributed by atoms with Crippen LogP contribution in [0.3, 0.4) is 0 Å². The molecule has 0 fully saturated rings. The van der Waals surface area contributed by atoms with E-state index < -0.39 is 0 Å². The monoisotopic (exact) mass is 121 g/mol. The molecule has 0 saturated heterocycles. The highest BCUT2D eigenvalue weighted by molar-refractivity contribution is 8.13. The summed E-state index contributed by atoms with van der Waals surface area (Å²) in [6.45, 7) is 0.784. The van der Waals surface area contributed by atoms with Gasteiger partial charge in [0.2, 0.25) is 0 Å². The topological polar surface area (TPSA) is 12.4 Å². The third-order valence-corrected chi connectivity index (χ3v) is 1.69. The molecule has 1 nitrogen and oxygen atoms in total. The van der Waals surface area contributed by atoms with Gasteiger partial charge >= 0.3 is 0 Å². The van der Waals surface area contributed by atoms with Crippen molar-refractivity contribution in [1.29, 1.82) is 0 Å². The summed E-state index contributed by atoms with van der Waals surface area (Å²) in [6, 6.07) is 0. The van der Waals surface area contributed by atoms with Crippen molar-refractivity contribution in [2.75, 3.05) is 6.54 Å². The Balaban J connectivity index is 2.32. The molecule has 0 spiro atoms. The van der Waals surface area contributed by atoms with Crippen molar-refractivity contribution in [3.8, 4) is 0 Å². The maximum atomic E-state index is 5.55. The molecule has 0 aromatic carbocycles. The minimum Gasteiger partial charge on any atom is -0.284 e. The van der Waals surface area contributed by atoms with Crippen LogP contribution in [0.5, 0.6) is 0 Å². The van der Waals surface area contributed by atoms with Crippen molar-refractivity contribution < 1.29 is 0 Å². The van der Waals surface area contributed by atoms with Crippen molar-refractivity contribution >= 4 is 28.9 Å². The van der Waals surface area contributed by atoms with Crippen molar-refractivity contribution in [3.63, 3.8) is 0 Å². The van der Waals surface area contributed by atoms with Gasteiger partial charge in [0.15, 0.2) is 0 Å². The van der Waals surface area contributed by atoms with E-state index >= 15 is 0 Å². The Labute approximate surface area is 45.8 Å². The summed E-state index contributed by atoms with van der Waals surface area (Å²) in [4.78, 5) is 3.87. The summed E-state index contributed by atoms with van der Waals surface area (Å²) in [5.74, 6) is 0. The van der Waals surface area contributed by atoms with Crippen LogP contribution in [0.4, 0.5) is 0 Å². The summed E-state index contributed by atoms with van der Waals surface area (Å²) in [5, 5.41) is 0. The molecule has 0 amide bonds. The van der Waals surface area contributed by atoms with Gasteiger partial charge < -0.3 is 0 Å². The van der Waals surface area contributed by atoms with Crippen molar-refractivity contribution in [1.82, 2.24) is 0 Å². The summed E-state index contributed by atoms with van der Waals surface area (Å²) in [7, 11) is 0. The largest absolute Gasteiger partial charge is 0.284 e. The van der Waals surface area contributed by atoms with E-state index in [1.165, 1.54) is 0 Å². The normalized spacial score (nSPS) is 31.8. The Morgan fingerprint density at radius 2 is 2.83 bits per heavy atom. The fourth-order valence-electron chi connectivity index (χ4n) is 0.278. The van der Waals surface area contributed by atoms with Crippen LogP contribution < -0.4 is 0 Å². The van der Waals surface area contributed by atoms with E-state index in [2.05, 4.69) is 4.99 Å². The highest BCUT2D eigenvalue weighted by Crippen LogP contribution is 2.17. The zero-order valence-electron chi connectivity index (χ0n) is 3.10. The molecular formula is C3H4ClNS. The third-order valence-electron chi connectivity index (χ3n) is 0.532. The van der Waals surface area contributed by atoms with Crippen molar-refractivity contribution in [2.45, 2.75) is 4.71 Å². The SMILES string of the molecule is ClC1CN=CS1. The van der Waals surface area contributed by atoms with Gasteiger partial charge in [-0.3, -0.25) is 4.99 Å². The van der Waals surface area contributed by atoms with Crippen LogP contribution in [-0.4, -0.2) is 16.8 Å². The molecule has 1 heterocycles. The highest BCUT2D eigenvalue weighted by atomic mass is 35.5. The van der Waals surface area contributed by atoms with Gasteiger partial charge in [-0.15, -0.1) is 11.6 Å². The van der Waals surface area contributed by atoms with Crippen LogP contribution in [0.15, 0.2) is 4.99 Å². The van der Waals surface area contributed by atoms with E-state index in [4.69, 9.17) is 11.6 Å². The second kappa shape index (κ2) is 1.85. The lowest BCUT2D eigenvalue weighted by Crippen LogP contribution is -1.86. The molecule has 1 atom stereocenters. The van der Waals surface area contributed by atoms with Crippen LogP contribution in [-0.2, 0) is 0 Å². The highest BCUT2D eigenvalue weighted by Gasteiger charge is 2.04. The summed E-state index contributed by atoms with van der Waals surface area (Å²) in [6.07, 6.45) is 0. The number of rotatable bonds is 0. The maximum Gasteiger partial charge on any atom is 0.104 e. The minimum absolute atomic E-state index is 0.213. The standard InChI is InChI=1S/C3H4ClNS/c4-3-1-5-2-6-3/h2-3H,1H2. The Morgan fingerprint density at radius 3 is 3.00 bits per heavy atom. The molecule has 0 radical (unpaired) electrons. The molecular weight excluding hydrogens is 118 g/mol. The second-order valence-corrected chi connectivity index (χ2v) is 2.85. The molecule has 0 aromatic heterocycles. The van der Waals surface area contributed by atoms with Crippen molar-refractivity contribution in [3.05, 3.63) is 0 Å². The van der Waals surface area contributed by atoms with E-state index in [1.54, 1.807) is 17.3 Å². The average Bonchev–Trinajstić information content (AvgIpc) is 1.86. The van der Waals surface area contributed by atoms with Crippen LogP contribution in [0.1, 0.15) is 0 Å². The van der Waals surface area contributed by atoms with Gasteiger partial charge in [0, 0.05) is 0 Å². The number of thioether (sulfide) groups is 1. The first-order chi connectivity index (χ1) is 2.89. The molecule has 6 heavy (non-hydrogen) atoms. The van der Waals surface area contributed by atoms with E-state index in [1.807, 2.05) is 0 Å². The Hall–Kier alpha value is 0.310. The molecule has 0 aromatic rings. The Bertz CT molecular complexity index is 65.2. The number of nitrogens with zero attached hydrogens (tertiary/aromatic N) is 1. The first-order valence-electron chi connectivity index (χ1n) is 1.67. The fraction of sp³-hybridized carbons (Fsp3) is 0.667. The molecule has 1 rings (SSSR count). The van der Waals surface area contributed by atoms with Crippen LogP contribution in [0.2, 0.25) is 0 Å². The van der Waals surface area contributed by atoms with Gasteiger partial charge in [-0.1, -0.05) is 11.8 Å². The fourth-order valence-corrected chi connectivity index (χ4v) is 0.972. The lowest BCUT2D eigenvalue weighted by molar-refractivity contribution is 1.13. The number of halogens is 1. The Kier molecular flexibility index (Phi) is 1.37. The first-order valence-corrected chi connectivity index (χ1v) is 3.05. The lowest BCUT2D eigenvalue weighted by Gasteiger charge is -1.86. The van der Waals surface area contributed by atoms with Gasteiger partial charge in [-0.25, -0.2) is 0 Å². The van der Waals surface area contributed by atoms with Gasteiger partial charge in [-0.05, 0) is 0 Å². The zero-order valence-corrected chi connectivity index (χ0v) is 4.67. The van der Waals surface area contributed by atoms with Crippen LogP contribution in [0.25, 0.3) is 0 Å². The summed E-state index contributed by atoms with van der Waals surface area (Å²) < 4.78 is 0.213. The number of hydrogen-bond acceptors (Lipinski definition) is 2. The zero-order chi connectivity index (χ0) is 4.41. The predicted molar refractivity (Wildman–Crippen MR) is 30.6 cm³/mol. The molecule has 0 bridgehead atoms. The molecule has 0 saturated carbocycles.